The lowest BCUT2D eigenvalue weighted by atomic mass is 10.1. The molecule has 2 aromatic carbocycles. The number of para-hydroxylation sites is 2. The molecule has 1 aromatic heterocycles. The van der Waals surface area contributed by atoms with Crippen LogP contribution in [0.25, 0.3) is 10.9 Å². The van der Waals surface area contributed by atoms with Gasteiger partial charge in [-0.2, -0.15) is 0 Å². The van der Waals surface area contributed by atoms with Crippen LogP contribution in [0.4, 0.5) is 0 Å². The Hall–Kier alpha value is -3.61. The lowest BCUT2D eigenvalue weighted by Gasteiger charge is -2.25. The first-order valence-electron chi connectivity index (χ1n) is 11.0. The highest BCUT2D eigenvalue weighted by molar-refractivity contribution is 6.44. The monoisotopic (exact) mass is 433 g/mol. The molecule has 1 fully saturated rings. The molecule has 1 aliphatic rings. The smallest absolute Gasteiger partial charge is 0.295 e. The minimum atomic E-state index is -0.515. The second-order valence-electron chi connectivity index (χ2n) is 7.88. The number of carbonyl (C=O) groups excluding carboxylic acids is 3. The van der Waals surface area contributed by atoms with Gasteiger partial charge in [-0.15, -0.1) is 0 Å². The predicted molar refractivity (Wildman–Crippen MR) is 122 cm³/mol. The summed E-state index contributed by atoms with van der Waals surface area (Å²) in [6, 6.07) is 16.8. The van der Waals surface area contributed by atoms with Crippen LogP contribution in [0.1, 0.15) is 29.6 Å². The second kappa shape index (κ2) is 10.1. The van der Waals surface area contributed by atoms with Gasteiger partial charge in [0.1, 0.15) is 18.9 Å². The topological polar surface area (TPSA) is 80.6 Å². The minimum Gasteiger partial charge on any atom is -0.492 e. The second-order valence-corrected chi connectivity index (χ2v) is 7.88. The zero-order chi connectivity index (χ0) is 22.3. The van der Waals surface area contributed by atoms with Crippen LogP contribution >= 0.6 is 0 Å². The van der Waals surface area contributed by atoms with Crippen LogP contribution in [0.5, 0.6) is 5.75 Å². The lowest BCUT2D eigenvalue weighted by molar-refractivity contribution is -0.127. The van der Waals surface area contributed by atoms with Crippen LogP contribution in [0.15, 0.2) is 60.8 Å². The first-order valence-corrected chi connectivity index (χ1v) is 11.0. The summed E-state index contributed by atoms with van der Waals surface area (Å²) in [6.45, 7) is 2.02. The van der Waals surface area contributed by atoms with Gasteiger partial charge in [0.05, 0.1) is 12.1 Å². The Labute approximate surface area is 187 Å². The molecule has 3 aromatic rings. The van der Waals surface area contributed by atoms with Crippen molar-refractivity contribution < 1.29 is 19.1 Å². The molecule has 4 rings (SSSR count). The average molecular weight is 434 g/mol. The highest BCUT2D eigenvalue weighted by Crippen LogP contribution is 2.23. The number of nitrogens with one attached hydrogen (secondary N) is 1. The molecule has 1 saturated heterocycles. The third kappa shape index (κ3) is 4.99. The molecular weight excluding hydrogens is 406 g/mol. The number of likely N-dealkylation sites (tertiary alicyclic amines) is 1. The van der Waals surface area contributed by atoms with Crippen LogP contribution in [0.3, 0.4) is 0 Å². The van der Waals surface area contributed by atoms with Gasteiger partial charge in [-0.25, -0.2) is 0 Å². The minimum absolute atomic E-state index is 0.0526. The molecule has 0 bridgehead atoms. The summed E-state index contributed by atoms with van der Waals surface area (Å²) in [5, 5.41) is 3.52. The summed E-state index contributed by atoms with van der Waals surface area (Å²) in [5.41, 5.74) is 1.09. The van der Waals surface area contributed by atoms with E-state index < -0.39 is 11.7 Å². The van der Waals surface area contributed by atoms with E-state index in [2.05, 4.69) is 5.32 Å². The summed E-state index contributed by atoms with van der Waals surface area (Å²) in [5.74, 6) is -0.419. The third-order valence-corrected chi connectivity index (χ3v) is 5.62. The number of hydrogen-bond acceptors (Lipinski definition) is 4. The molecule has 0 unspecified atom stereocenters. The van der Waals surface area contributed by atoms with Crippen LogP contribution in [0, 0.1) is 0 Å². The van der Waals surface area contributed by atoms with Gasteiger partial charge in [-0.3, -0.25) is 14.4 Å². The molecule has 1 aliphatic heterocycles. The number of hydrogen-bond donors (Lipinski definition) is 1. The summed E-state index contributed by atoms with van der Waals surface area (Å²) in [4.78, 5) is 39.8. The molecule has 0 radical (unpaired) electrons. The quantitative estimate of drug-likeness (QED) is 0.336. The number of fused-ring (bicyclic) bond motifs is 1. The predicted octanol–water partition coefficient (Wildman–Crippen LogP) is 3.03. The molecule has 2 amide bonds. The Morgan fingerprint density at radius 1 is 0.906 bits per heavy atom. The molecular formula is C25H27N3O4. The Morgan fingerprint density at radius 2 is 1.62 bits per heavy atom. The lowest BCUT2D eigenvalue weighted by Crippen LogP contribution is -2.40. The average Bonchev–Trinajstić information content (AvgIpc) is 3.20. The van der Waals surface area contributed by atoms with Gasteiger partial charge in [-0.05, 0) is 37.5 Å². The molecule has 0 aliphatic carbocycles. The Kier molecular flexibility index (Phi) is 6.84. The van der Waals surface area contributed by atoms with E-state index in [1.807, 2.05) is 54.6 Å². The first-order chi connectivity index (χ1) is 15.6. The first kappa shape index (κ1) is 21.6. The van der Waals surface area contributed by atoms with Crippen molar-refractivity contribution in [1.82, 2.24) is 14.8 Å². The molecule has 7 nitrogen and oxygen atoms in total. The molecule has 0 spiro atoms. The standard InChI is InChI=1S/C25H27N3O4/c29-23(26-13-16-32-19-9-3-1-4-10-19)18-28-17-21(20-11-5-6-12-22(20)28)24(30)25(31)27-14-7-2-8-15-27/h1,3-6,9-12,17H,2,7-8,13-16,18H2,(H,26,29). The largest absolute Gasteiger partial charge is 0.492 e. The van der Waals surface area contributed by atoms with Crippen LogP contribution < -0.4 is 10.1 Å². The van der Waals surface area contributed by atoms with Crippen molar-refractivity contribution in [2.45, 2.75) is 25.8 Å². The van der Waals surface area contributed by atoms with Crippen LogP contribution in [0.2, 0.25) is 0 Å². The van der Waals surface area contributed by atoms with Crippen molar-refractivity contribution in [3.8, 4) is 5.75 Å². The Bertz CT molecular complexity index is 1100. The number of amides is 2. The van der Waals surface area contributed by atoms with Gasteiger partial charge in [0.15, 0.2) is 0 Å². The van der Waals surface area contributed by atoms with E-state index in [9.17, 15) is 14.4 Å². The van der Waals surface area contributed by atoms with Crippen molar-refractivity contribution in [2.24, 2.45) is 0 Å². The van der Waals surface area contributed by atoms with Gasteiger partial charge in [-0.1, -0.05) is 36.4 Å². The van der Waals surface area contributed by atoms with Crippen LogP contribution in [-0.2, 0) is 16.1 Å². The molecule has 0 atom stereocenters. The van der Waals surface area contributed by atoms with Gasteiger partial charge in [0, 0.05) is 30.2 Å². The van der Waals surface area contributed by atoms with Crippen molar-refractivity contribution in [1.29, 1.82) is 0 Å². The van der Waals surface area contributed by atoms with Crippen molar-refractivity contribution >= 4 is 28.5 Å². The normalized spacial score (nSPS) is 13.7. The fourth-order valence-corrected chi connectivity index (χ4v) is 4.00. The number of rotatable bonds is 8. The summed E-state index contributed by atoms with van der Waals surface area (Å²) in [6.07, 6.45) is 4.56. The van der Waals surface area contributed by atoms with E-state index in [-0.39, 0.29) is 12.5 Å². The number of Topliss-reactive ketones (excluding diaryl/α,β-unsaturated/α-hetero) is 1. The highest BCUT2D eigenvalue weighted by Gasteiger charge is 2.27. The number of benzene rings is 2. The van der Waals surface area contributed by atoms with Gasteiger partial charge < -0.3 is 19.5 Å². The summed E-state index contributed by atoms with van der Waals surface area (Å²) in [7, 11) is 0. The number of ether oxygens (including phenoxy) is 1. The fraction of sp³-hybridized carbons (Fsp3) is 0.320. The molecule has 0 saturated carbocycles. The zero-order valence-corrected chi connectivity index (χ0v) is 18.0. The van der Waals surface area contributed by atoms with Gasteiger partial charge in [0.25, 0.3) is 11.7 Å². The summed E-state index contributed by atoms with van der Waals surface area (Å²) >= 11 is 0. The molecule has 1 N–H and O–H groups in total. The van der Waals surface area contributed by atoms with E-state index in [1.54, 1.807) is 15.7 Å². The van der Waals surface area contributed by atoms with E-state index >= 15 is 0 Å². The number of aromatic nitrogens is 1. The van der Waals surface area contributed by atoms with E-state index in [0.29, 0.717) is 37.2 Å². The number of ketones is 1. The molecule has 2 heterocycles. The van der Waals surface area contributed by atoms with E-state index in [4.69, 9.17) is 4.74 Å². The maximum absolute atomic E-state index is 13.0. The van der Waals surface area contributed by atoms with Crippen molar-refractivity contribution in [2.75, 3.05) is 26.2 Å². The molecule has 7 heteroatoms. The maximum Gasteiger partial charge on any atom is 0.295 e. The van der Waals surface area contributed by atoms with E-state index in [0.717, 1.165) is 30.5 Å². The number of nitrogens with zero attached hydrogens (tertiary/aromatic N) is 2. The SMILES string of the molecule is O=C(Cn1cc(C(=O)C(=O)N2CCCCC2)c2ccccc21)NCCOc1ccccc1. The van der Waals surface area contributed by atoms with Crippen molar-refractivity contribution in [3.05, 3.63) is 66.4 Å². The molecule has 166 valence electrons. The zero-order valence-electron chi connectivity index (χ0n) is 18.0. The maximum atomic E-state index is 13.0. The van der Waals surface area contributed by atoms with Crippen molar-refractivity contribution in [3.63, 3.8) is 0 Å². The number of piperidine rings is 1. The molecule has 32 heavy (non-hydrogen) atoms. The van der Waals surface area contributed by atoms with Gasteiger partial charge in [0.2, 0.25) is 5.91 Å². The van der Waals surface area contributed by atoms with Gasteiger partial charge >= 0.3 is 0 Å². The number of carbonyl (C=O) groups is 3. The third-order valence-electron chi connectivity index (χ3n) is 5.62. The Morgan fingerprint density at radius 3 is 2.41 bits per heavy atom. The van der Waals surface area contributed by atoms with E-state index in [1.165, 1.54) is 0 Å². The highest BCUT2D eigenvalue weighted by atomic mass is 16.5. The fourth-order valence-electron chi connectivity index (χ4n) is 4.00. The Balaban J connectivity index is 1.41. The van der Waals surface area contributed by atoms with Crippen LogP contribution in [-0.4, -0.2) is 53.3 Å². The summed E-state index contributed by atoms with van der Waals surface area (Å²) < 4.78 is 7.31.